The Morgan fingerprint density at radius 3 is 2.88 bits per heavy atom. The van der Waals surface area contributed by atoms with Crippen LogP contribution in [0.5, 0.6) is 0 Å². The van der Waals surface area contributed by atoms with Crippen LogP contribution >= 0.6 is 15.9 Å². The normalized spacial score (nSPS) is 15.6. The molecule has 1 aliphatic carbocycles. The fraction of sp³-hybridized carbons (Fsp3) is 0.308. The van der Waals surface area contributed by atoms with Crippen LogP contribution in [-0.2, 0) is 6.54 Å². The van der Waals surface area contributed by atoms with Crippen molar-refractivity contribution in [2.24, 2.45) is 5.92 Å². The van der Waals surface area contributed by atoms with Crippen LogP contribution in [0.1, 0.15) is 12.8 Å². The van der Waals surface area contributed by atoms with Crippen LogP contribution in [0, 0.1) is 5.92 Å². The molecule has 3 rings (SSSR count). The van der Waals surface area contributed by atoms with Crippen molar-refractivity contribution in [1.82, 2.24) is 4.57 Å². The minimum Gasteiger partial charge on any atom is -0.315 e. The maximum atomic E-state index is 12.2. The van der Waals surface area contributed by atoms with Crippen molar-refractivity contribution in [1.29, 1.82) is 0 Å². The molecule has 2 aromatic rings. The second-order valence-electron chi connectivity index (χ2n) is 4.45. The zero-order valence-electron chi connectivity index (χ0n) is 8.82. The van der Waals surface area contributed by atoms with Gasteiger partial charge in [-0.05, 0) is 48.4 Å². The summed E-state index contributed by atoms with van der Waals surface area (Å²) in [4.78, 5) is 12.2. The van der Waals surface area contributed by atoms with Crippen LogP contribution < -0.4 is 5.56 Å². The summed E-state index contributed by atoms with van der Waals surface area (Å²) >= 11 is 3.42. The number of benzene rings is 1. The molecule has 1 aromatic carbocycles. The van der Waals surface area contributed by atoms with E-state index in [0.29, 0.717) is 0 Å². The quantitative estimate of drug-likeness (QED) is 0.827. The van der Waals surface area contributed by atoms with E-state index in [0.717, 1.165) is 27.7 Å². The number of halogens is 1. The van der Waals surface area contributed by atoms with E-state index in [2.05, 4.69) is 15.9 Å². The first-order chi connectivity index (χ1) is 7.74. The van der Waals surface area contributed by atoms with Crippen molar-refractivity contribution in [2.75, 3.05) is 0 Å². The summed E-state index contributed by atoms with van der Waals surface area (Å²) in [5, 5.41) is 1.82. The van der Waals surface area contributed by atoms with Gasteiger partial charge in [0, 0.05) is 22.6 Å². The van der Waals surface area contributed by atoms with E-state index in [-0.39, 0.29) is 5.56 Å². The van der Waals surface area contributed by atoms with Gasteiger partial charge < -0.3 is 4.57 Å². The molecule has 1 fully saturated rings. The Morgan fingerprint density at radius 2 is 2.12 bits per heavy atom. The molecule has 2 nitrogen and oxygen atoms in total. The molecule has 0 amide bonds. The minimum absolute atomic E-state index is 0.136. The highest BCUT2D eigenvalue weighted by Crippen LogP contribution is 2.30. The molecule has 0 aliphatic heterocycles. The second-order valence-corrected chi connectivity index (χ2v) is 5.36. The first-order valence-electron chi connectivity index (χ1n) is 5.53. The Kier molecular flexibility index (Phi) is 2.36. The van der Waals surface area contributed by atoms with Crippen molar-refractivity contribution in [3.63, 3.8) is 0 Å². The van der Waals surface area contributed by atoms with Crippen LogP contribution in [0.15, 0.2) is 39.7 Å². The number of hydrogen-bond acceptors (Lipinski definition) is 1. The lowest BCUT2D eigenvalue weighted by Crippen LogP contribution is -2.20. The van der Waals surface area contributed by atoms with E-state index < -0.39 is 0 Å². The summed E-state index contributed by atoms with van der Waals surface area (Å²) < 4.78 is 2.85. The van der Waals surface area contributed by atoms with Crippen LogP contribution in [0.2, 0.25) is 0 Å². The zero-order chi connectivity index (χ0) is 11.1. The van der Waals surface area contributed by atoms with Gasteiger partial charge in [0.15, 0.2) is 0 Å². The number of pyridine rings is 1. The van der Waals surface area contributed by atoms with Crippen LogP contribution in [0.25, 0.3) is 10.8 Å². The second kappa shape index (κ2) is 3.74. The summed E-state index contributed by atoms with van der Waals surface area (Å²) in [7, 11) is 0. The van der Waals surface area contributed by atoms with E-state index in [1.54, 1.807) is 0 Å². The van der Waals surface area contributed by atoms with Crippen molar-refractivity contribution >= 4 is 26.7 Å². The van der Waals surface area contributed by atoms with Gasteiger partial charge in [-0.1, -0.05) is 15.9 Å². The maximum absolute atomic E-state index is 12.2. The van der Waals surface area contributed by atoms with E-state index >= 15 is 0 Å². The fourth-order valence-corrected chi connectivity index (χ4v) is 2.36. The molecule has 0 saturated heterocycles. The Balaban J connectivity index is 2.15. The fourth-order valence-electron chi connectivity index (χ4n) is 1.98. The van der Waals surface area contributed by atoms with Crippen molar-refractivity contribution in [3.8, 4) is 0 Å². The van der Waals surface area contributed by atoms with Crippen molar-refractivity contribution in [2.45, 2.75) is 19.4 Å². The Morgan fingerprint density at radius 1 is 1.31 bits per heavy atom. The SMILES string of the molecule is O=c1c2ccc(Br)cc2ccn1CC1CC1. The zero-order valence-corrected chi connectivity index (χ0v) is 10.4. The minimum atomic E-state index is 0.136. The summed E-state index contributed by atoms with van der Waals surface area (Å²) in [5.41, 5.74) is 0.136. The molecule has 0 spiro atoms. The molecular formula is C13H12BrNO. The molecule has 1 saturated carbocycles. The first kappa shape index (κ1) is 10.1. The lowest BCUT2D eigenvalue weighted by atomic mass is 10.2. The third-order valence-corrected chi connectivity index (χ3v) is 3.58. The van der Waals surface area contributed by atoms with E-state index in [9.17, 15) is 4.79 Å². The summed E-state index contributed by atoms with van der Waals surface area (Å²) in [6.07, 6.45) is 4.45. The maximum Gasteiger partial charge on any atom is 0.258 e. The van der Waals surface area contributed by atoms with Gasteiger partial charge in [-0.3, -0.25) is 4.79 Å². The topological polar surface area (TPSA) is 22.0 Å². The number of rotatable bonds is 2. The van der Waals surface area contributed by atoms with Gasteiger partial charge in [0.1, 0.15) is 0 Å². The Labute approximate surface area is 102 Å². The van der Waals surface area contributed by atoms with Crippen LogP contribution in [0.4, 0.5) is 0 Å². The van der Waals surface area contributed by atoms with Gasteiger partial charge in [-0.2, -0.15) is 0 Å². The molecule has 0 bridgehead atoms. The number of hydrogen-bond donors (Lipinski definition) is 0. The van der Waals surface area contributed by atoms with Gasteiger partial charge in [0.2, 0.25) is 0 Å². The largest absolute Gasteiger partial charge is 0.315 e. The molecule has 0 atom stereocenters. The highest BCUT2D eigenvalue weighted by molar-refractivity contribution is 9.10. The molecule has 0 unspecified atom stereocenters. The molecule has 1 aromatic heterocycles. The van der Waals surface area contributed by atoms with Gasteiger partial charge in [0.25, 0.3) is 5.56 Å². The average Bonchev–Trinajstić information content (AvgIpc) is 3.06. The predicted molar refractivity (Wildman–Crippen MR) is 68.6 cm³/mol. The number of fused-ring (bicyclic) bond motifs is 1. The standard InChI is InChI=1S/C13H12BrNO/c14-11-3-4-12-10(7-11)5-6-15(13(12)16)8-9-1-2-9/h3-7,9H,1-2,8H2. The molecule has 1 heterocycles. The summed E-state index contributed by atoms with van der Waals surface area (Å²) in [6.45, 7) is 0.880. The first-order valence-corrected chi connectivity index (χ1v) is 6.32. The molecule has 0 N–H and O–H groups in total. The van der Waals surface area contributed by atoms with E-state index in [1.165, 1.54) is 12.8 Å². The van der Waals surface area contributed by atoms with Crippen LogP contribution in [-0.4, -0.2) is 4.57 Å². The third kappa shape index (κ3) is 1.80. The van der Waals surface area contributed by atoms with E-state index in [4.69, 9.17) is 0 Å². The monoisotopic (exact) mass is 277 g/mol. The lowest BCUT2D eigenvalue weighted by molar-refractivity contribution is 0.611. The third-order valence-electron chi connectivity index (χ3n) is 3.09. The van der Waals surface area contributed by atoms with Crippen molar-refractivity contribution in [3.05, 3.63) is 45.3 Å². The van der Waals surface area contributed by atoms with Gasteiger partial charge in [-0.25, -0.2) is 0 Å². The Hall–Kier alpha value is -1.09. The predicted octanol–water partition coefficient (Wildman–Crippen LogP) is 3.17. The number of aromatic nitrogens is 1. The number of nitrogens with zero attached hydrogens (tertiary/aromatic N) is 1. The molecule has 0 radical (unpaired) electrons. The highest BCUT2D eigenvalue weighted by atomic mass is 79.9. The van der Waals surface area contributed by atoms with Gasteiger partial charge in [-0.15, -0.1) is 0 Å². The van der Waals surface area contributed by atoms with Crippen molar-refractivity contribution < 1.29 is 0 Å². The average molecular weight is 278 g/mol. The molecule has 3 heteroatoms. The summed E-state index contributed by atoms with van der Waals surface area (Å²) in [5.74, 6) is 0.727. The van der Waals surface area contributed by atoms with E-state index in [1.807, 2.05) is 35.0 Å². The van der Waals surface area contributed by atoms with Crippen LogP contribution in [0.3, 0.4) is 0 Å². The van der Waals surface area contributed by atoms with Gasteiger partial charge >= 0.3 is 0 Å². The highest BCUT2D eigenvalue weighted by Gasteiger charge is 2.22. The van der Waals surface area contributed by atoms with Gasteiger partial charge in [0.05, 0.1) is 0 Å². The molecule has 16 heavy (non-hydrogen) atoms. The molecule has 82 valence electrons. The molecular weight excluding hydrogens is 266 g/mol. The summed E-state index contributed by atoms with van der Waals surface area (Å²) in [6, 6.07) is 7.82. The smallest absolute Gasteiger partial charge is 0.258 e. The Bertz CT molecular complexity index is 598. The lowest BCUT2D eigenvalue weighted by Gasteiger charge is -2.06. The molecule has 1 aliphatic rings.